The fraction of sp³-hybridized carbons (Fsp3) is 0.357. The number of nitrogens with zero attached hydrogens (tertiary/aromatic N) is 3. The smallest absolute Gasteiger partial charge is 0.246 e. The van der Waals surface area contributed by atoms with Crippen LogP contribution in [0.2, 0.25) is 0 Å². The number of aryl methyl sites for hydroxylation is 1. The maximum absolute atomic E-state index is 13.8. The molecule has 0 amide bonds. The van der Waals surface area contributed by atoms with Crippen LogP contribution in [0.5, 0.6) is 0 Å². The Kier molecular flexibility index (Phi) is 4.74. The van der Waals surface area contributed by atoms with Gasteiger partial charge in [0.05, 0.1) is 6.20 Å². The van der Waals surface area contributed by atoms with Gasteiger partial charge in [-0.25, -0.2) is 12.8 Å². The molecule has 0 bridgehead atoms. The van der Waals surface area contributed by atoms with Crippen LogP contribution in [0.4, 0.5) is 4.39 Å². The van der Waals surface area contributed by atoms with Crippen molar-refractivity contribution < 1.29 is 12.8 Å². The molecule has 1 aromatic carbocycles. The molecular weight excluding hydrogens is 293 g/mol. The summed E-state index contributed by atoms with van der Waals surface area (Å²) in [7, 11) is -2.10. The summed E-state index contributed by atoms with van der Waals surface area (Å²) in [5, 5.41) is 4.02. The van der Waals surface area contributed by atoms with E-state index in [9.17, 15) is 12.8 Å². The molecular formula is C14H18FN3O2S. The standard InChI is InChI=1S/C14H18FN3O2S/c1-3-8-18(11-12-9-16-17(2)10-12)21(19,20)14-7-5-4-6-13(14)15/h4-7,9-10H,3,8,11H2,1-2H3. The van der Waals surface area contributed by atoms with Crippen LogP contribution < -0.4 is 0 Å². The molecule has 0 unspecified atom stereocenters. The van der Waals surface area contributed by atoms with Crippen molar-refractivity contribution in [3.63, 3.8) is 0 Å². The van der Waals surface area contributed by atoms with Crippen LogP contribution in [-0.4, -0.2) is 29.0 Å². The van der Waals surface area contributed by atoms with E-state index in [1.807, 2.05) is 6.92 Å². The van der Waals surface area contributed by atoms with Gasteiger partial charge in [0.1, 0.15) is 10.7 Å². The first-order valence-electron chi connectivity index (χ1n) is 6.67. The highest BCUT2D eigenvalue weighted by Gasteiger charge is 2.27. The molecule has 2 aromatic rings. The van der Waals surface area contributed by atoms with Gasteiger partial charge in [-0.3, -0.25) is 4.68 Å². The normalized spacial score (nSPS) is 12.0. The highest BCUT2D eigenvalue weighted by atomic mass is 32.2. The highest BCUT2D eigenvalue weighted by molar-refractivity contribution is 7.89. The molecule has 1 aromatic heterocycles. The minimum Gasteiger partial charge on any atom is -0.275 e. The van der Waals surface area contributed by atoms with Crippen LogP contribution in [0.25, 0.3) is 0 Å². The predicted molar refractivity (Wildman–Crippen MR) is 77.5 cm³/mol. The zero-order valence-corrected chi connectivity index (χ0v) is 12.8. The van der Waals surface area contributed by atoms with Gasteiger partial charge in [0.2, 0.25) is 10.0 Å². The van der Waals surface area contributed by atoms with Gasteiger partial charge in [0.25, 0.3) is 0 Å². The van der Waals surface area contributed by atoms with Crippen molar-refractivity contribution in [2.24, 2.45) is 7.05 Å². The molecule has 1 heterocycles. The third-order valence-electron chi connectivity index (χ3n) is 3.04. The van der Waals surface area contributed by atoms with Gasteiger partial charge < -0.3 is 0 Å². The quantitative estimate of drug-likeness (QED) is 0.821. The molecule has 2 rings (SSSR count). The minimum absolute atomic E-state index is 0.179. The first-order valence-corrected chi connectivity index (χ1v) is 8.11. The lowest BCUT2D eigenvalue weighted by atomic mass is 10.3. The van der Waals surface area contributed by atoms with Crippen molar-refractivity contribution in [3.8, 4) is 0 Å². The van der Waals surface area contributed by atoms with Gasteiger partial charge in [0.15, 0.2) is 0 Å². The first kappa shape index (κ1) is 15.7. The van der Waals surface area contributed by atoms with Crippen LogP contribution in [0.3, 0.4) is 0 Å². The summed E-state index contributed by atoms with van der Waals surface area (Å²) >= 11 is 0. The summed E-state index contributed by atoms with van der Waals surface area (Å²) in [6, 6.07) is 5.43. The molecule has 114 valence electrons. The maximum atomic E-state index is 13.8. The van der Waals surface area contributed by atoms with Crippen molar-refractivity contribution in [2.45, 2.75) is 24.8 Å². The van der Waals surface area contributed by atoms with Gasteiger partial charge in [-0.15, -0.1) is 0 Å². The second kappa shape index (κ2) is 6.36. The molecule has 5 nitrogen and oxygen atoms in total. The zero-order chi connectivity index (χ0) is 15.5. The number of hydrogen-bond acceptors (Lipinski definition) is 3. The van der Waals surface area contributed by atoms with Crippen LogP contribution >= 0.6 is 0 Å². The average Bonchev–Trinajstić information content (AvgIpc) is 2.84. The Morgan fingerprint density at radius 3 is 2.62 bits per heavy atom. The second-order valence-corrected chi connectivity index (χ2v) is 6.70. The molecule has 0 fully saturated rings. The SMILES string of the molecule is CCCN(Cc1cnn(C)c1)S(=O)(=O)c1ccccc1F. The lowest BCUT2D eigenvalue weighted by molar-refractivity contribution is 0.402. The number of rotatable bonds is 6. The summed E-state index contributed by atoms with van der Waals surface area (Å²) < 4.78 is 41.9. The second-order valence-electron chi connectivity index (χ2n) is 4.79. The van der Waals surface area contributed by atoms with E-state index in [2.05, 4.69) is 5.10 Å². The summed E-state index contributed by atoms with van der Waals surface area (Å²) in [6.07, 6.45) is 4.01. The fourth-order valence-electron chi connectivity index (χ4n) is 2.08. The van der Waals surface area contributed by atoms with Crippen LogP contribution in [0.1, 0.15) is 18.9 Å². The molecule has 0 aliphatic heterocycles. The molecule has 0 N–H and O–H groups in total. The summed E-state index contributed by atoms with van der Waals surface area (Å²) in [6.45, 7) is 2.39. The van der Waals surface area contributed by atoms with Gasteiger partial charge >= 0.3 is 0 Å². The molecule has 0 aliphatic rings. The topological polar surface area (TPSA) is 55.2 Å². The summed E-state index contributed by atoms with van der Waals surface area (Å²) in [5.74, 6) is -0.732. The molecule has 0 atom stereocenters. The number of aromatic nitrogens is 2. The van der Waals surface area contributed by atoms with Crippen molar-refractivity contribution in [2.75, 3.05) is 6.54 Å². The minimum atomic E-state index is -3.86. The first-order chi connectivity index (χ1) is 9.95. The van der Waals surface area contributed by atoms with E-state index in [1.54, 1.807) is 24.1 Å². The monoisotopic (exact) mass is 311 g/mol. The van der Waals surface area contributed by atoms with E-state index in [-0.39, 0.29) is 11.4 Å². The highest BCUT2D eigenvalue weighted by Crippen LogP contribution is 2.21. The Bertz CT molecular complexity index is 713. The third-order valence-corrected chi connectivity index (χ3v) is 4.92. The summed E-state index contributed by atoms with van der Waals surface area (Å²) in [4.78, 5) is -0.289. The Balaban J connectivity index is 2.34. The van der Waals surface area contributed by atoms with Crippen molar-refractivity contribution >= 4 is 10.0 Å². The van der Waals surface area contributed by atoms with E-state index < -0.39 is 15.8 Å². The van der Waals surface area contributed by atoms with Crippen LogP contribution in [-0.2, 0) is 23.6 Å². The average molecular weight is 311 g/mol. The molecule has 0 radical (unpaired) electrons. The van der Waals surface area contributed by atoms with Crippen molar-refractivity contribution in [1.29, 1.82) is 0 Å². The Hall–Kier alpha value is -1.73. The van der Waals surface area contributed by atoms with E-state index in [1.165, 1.54) is 22.5 Å². The third kappa shape index (κ3) is 3.48. The fourth-order valence-corrected chi connectivity index (χ4v) is 3.67. The lowest BCUT2D eigenvalue weighted by Crippen LogP contribution is -2.31. The predicted octanol–water partition coefficient (Wildman–Crippen LogP) is 2.16. The Morgan fingerprint density at radius 2 is 2.05 bits per heavy atom. The Morgan fingerprint density at radius 1 is 1.33 bits per heavy atom. The van der Waals surface area contributed by atoms with Crippen LogP contribution in [0.15, 0.2) is 41.6 Å². The number of sulfonamides is 1. The molecule has 0 saturated carbocycles. The van der Waals surface area contributed by atoms with E-state index in [0.717, 1.165) is 11.6 Å². The largest absolute Gasteiger partial charge is 0.275 e. The number of halogens is 1. The van der Waals surface area contributed by atoms with E-state index >= 15 is 0 Å². The molecule has 0 spiro atoms. The van der Waals surface area contributed by atoms with Crippen LogP contribution in [0, 0.1) is 5.82 Å². The van der Waals surface area contributed by atoms with E-state index in [4.69, 9.17) is 0 Å². The van der Waals surface area contributed by atoms with Gasteiger partial charge in [-0.2, -0.15) is 9.40 Å². The molecule has 0 aliphatic carbocycles. The van der Waals surface area contributed by atoms with Gasteiger partial charge in [0, 0.05) is 31.9 Å². The number of benzene rings is 1. The van der Waals surface area contributed by atoms with E-state index in [0.29, 0.717) is 13.0 Å². The van der Waals surface area contributed by atoms with Crippen molar-refractivity contribution in [3.05, 3.63) is 48.0 Å². The maximum Gasteiger partial charge on any atom is 0.246 e. The molecule has 0 saturated heterocycles. The van der Waals surface area contributed by atoms with Crippen molar-refractivity contribution in [1.82, 2.24) is 14.1 Å². The summed E-state index contributed by atoms with van der Waals surface area (Å²) in [5.41, 5.74) is 0.769. The van der Waals surface area contributed by atoms with Gasteiger partial charge in [-0.1, -0.05) is 19.1 Å². The Labute approximate surface area is 124 Å². The molecule has 7 heteroatoms. The number of hydrogen-bond donors (Lipinski definition) is 0. The zero-order valence-electron chi connectivity index (χ0n) is 12.0. The lowest BCUT2D eigenvalue weighted by Gasteiger charge is -2.21. The van der Waals surface area contributed by atoms with Gasteiger partial charge in [-0.05, 0) is 18.6 Å². The molecule has 21 heavy (non-hydrogen) atoms.